The van der Waals surface area contributed by atoms with Crippen LogP contribution in [0.1, 0.15) is 51.0 Å². The molecule has 148 valence electrons. The van der Waals surface area contributed by atoms with Gasteiger partial charge < -0.3 is 15.5 Å². The first-order valence-corrected chi connectivity index (χ1v) is 10.2. The molecule has 7 nitrogen and oxygen atoms in total. The molecule has 1 saturated heterocycles. The lowest BCUT2D eigenvalue weighted by atomic mass is 10.0. The minimum atomic E-state index is -0.366. The van der Waals surface area contributed by atoms with Crippen molar-refractivity contribution in [2.24, 2.45) is 4.99 Å². The minimum Gasteiger partial charge on any atom is -0.357 e. The van der Waals surface area contributed by atoms with Gasteiger partial charge in [-0.3, -0.25) is 10.1 Å². The summed E-state index contributed by atoms with van der Waals surface area (Å²) in [4.78, 5) is 17.9. The second-order valence-corrected chi connectivity index (χ2v) is 7.52. The lowest BCUT2D eigenvalue weighted by Gasteiger charge is -2.36. The maximum Gasteiger partial charge on any atom is 0.269 e. The second kappa shape index (κ2) is 9.69. The van der Waals surface area contributed by atoms with Gasteiger partial charge in [0, 0.05) is 43.9 Å². The number of piperidine rings is 1. The lowest BCUT2D eigenvalue weighted by Crippen LogP contribution is -2.50. The molecule has 1 aliphatic carbocycles. The molecule has 0 atom stereocenters. The average molecular weight is 374 g/mol. The van der Waals surface area contributed by atoms with E-state index in [1.54, 1.807) is 12.1 Å². The summed E-state index contributed by atoms with van der Waals surface area (Å²) in [5, 5.41) is 17.8. The number of rotatable bonds is 6. The highest BCUT2D eigenvalue weighted by Gasteiger charge is 2.27. The molecule has 0 bridgehead atoms. The zero-order chi connectivity index (χ0) is 19.1. The second-order valence-electron chi connectivity index (χ2n) is 7.52. The predicted octanol–water partition coefficient (Wildman–Crippen LogP) is 3.06. The van der Waals surface area contributed by atoms with Gasteiger partial charge in [-0.05, 0) is 38.2 Å². The largest absolute Gasteiger partial charge is 0.357 e. The number of aliphatic imine (C=N–C) groups is 1. The summed E-state index contributed by atoms with van der Waals surface area (Å²) in [5.74, 6) is 0.795. The van der Waals surface area contributed by atoms with Crippen molar-refractivity contribution in [2.75, 3.05) is 19.6 Å². The molecule has 0 spiro atoms. The van der Waals surface area contributed by atoms with Crippen molar-refractivity contribution >= 4 is 11.6 Å². The Kier molecular flexibility index (Phi) is 7.04. The molecule has 1 aliphatic heterocycles. The first-order chi connectivity index (χ1) is 13.2. The Morgan fingerprint density at radius 2 is 2.00 bits per heavy atom. The Balaban J connectivity index is 1.53. The normalized spacial score (nSPS) is 20.0. The van der Waals surface area contributed by atoms with Crippen LogP contribution in [-0.2, 0) is 6.54 Å². The van der Waals surface area contributed by atoms with Crippen LogP contribution in [0.5, 0.6) is 0 Å². The van der Waals surface area contributed by atoms with Crippen molar-refractivity contribution in [1.29, 1.82) is 0 Å². The van der Waals surface area contributed by atoms with Crippen LogP contribution in [-0.4, -0.2) is 47.5 Å². The van der Waals surface area contributed by atoms with Gasteiger partial charge in [-0.1, -0.05) is 25.0 Å². The molecule has 0 aromatic heterocycles. The molecule has 3 rings (SSSR count). The molecule has 7 heteroatoms. The fourth-order valence-electron chi connectivity index (χ4n) is 4.13. The molecule has 0 radical (unpaired) electrons. The molecule has 1 saturated carbocycles. The average Bonchev–Trinajstić information content (AvgIpc) is 3.22. The number of non-ortho nitro benzene ring substituents is 1. The van der Waals surface area contributed by atoms with Gasteiger partial charge in [-0.2, -0.15) is 0 Å². The molecule has 27 heavy (non-hydrogen) atoms. The van der Waals surface area contributed by atoms with Gasteiger partial charge in [0.1, 0.15) is 0 Å². The molecular formula is C20H31N5O2. The van der Waals surface area contributed by atoms with Crippen LogP contribution < -0.4 is 10.6 Å². The molecule has 1 heterocycles. The van der Waals surface area contributed by atoms with Gasteiger partial charge >= 0.3 is 0 Å². The SMILES string of the molecule is CCNC(=NCc1cccc([N+](=O)[O-])c1)NC1CCN(C2CCCC2)CC1. The Morgan fingerprint density at radius 1 is 1.26 bits per heavy atom. The Labute approximate surface area is 161 Å². The van der Waals surface area contributed by atoms with Gasteiger partial charge in [-0.25, -0.2) is 4.99 Å². The Hall–Kier alpha value is -2.15. The number of nitrogens with zero attached hydrogens (tertiary/aromatic N) is 3. The van der Waals surface area contributed by atoms with Gasteiger partial charge in [0.15, 0.2) is 5.96 Å². The van der Waals surface area contributed by atoms with E-state index in [0.717, 1.165) is 50.0 Å². The number of guanidine groups is 1. The smallest absolute Gasteiger partial charge is 0.269 e. The summed E-state index contributed by atoms with van der Waals surface area (Å²) in [6, 6.07) is 7.93. The predicted molar refractivity (Wildman–Crippen MR) is 108 cm³/mol. The standard InChI is InChI=1S/C20H31N5O2/c1-2-21-20(22-15-16-6-5-9-19(14-16)25(26)27)23-17-10-12-24(13-11-17)18-7-3-4-8-18/h5-6,9,14,17-18H,2-4,7-8,10-13,15H2,1H3,(H2,21,22,23). The summed E-state index contributed by atoms with van der Waals surface area (Å²) in [5.41, 5.74) is 0.956. The van der Waals surface area contributed by atoms with E-state index in [1.165, 1.54) is 31.7 Å². The summed E-state index contributed by atoms with van der Waals surface area (Å²) in [6.45, 7) is 5.59. The maximum atomic E-state index is 10.9. The zero-order valence-corrected chi connectivity index (χ0v) is 16.2. The van der Waals surface area contributed by atoms with Crippen molar-refractivity contribution in [2.45, 2.75) is 64.1 Å². The molecule has 0 amide bonds. The van der Waals surface area contributed by atoms with Gasteiger partial charge in [-0.15, -0.1) is 0 Å². The fraction of sp³-hybridized carbons (Fsp3) is 0.650. The van der Waals surface area contributed by atoms with Crippen LogP contribution in [0.4, 0.5) is 5.69 Å². The van der Waals surface area contributed by atoms with E-state index in [0.29, 0.717) is 12.6 Å². The lowest BCUT2D eigenvalue weighted by molar-refractivity contribution is -0.384. The van der Waals surface area contributed by atoms with Crippen molar-refractivity contribution in [3.8, 4) is 0 Å². The molecule has 1 aromatic rings. The quantitative estimate of drug-likeness (QED) is 0.347. The van der Waals surface area contributed by atoms with Crippen molar-refractivity contribution in [1.82, 2.24) is 15.5 Å². The number of hydrogen-bond donors (Lipinski definition) is 2. The van der Waals surface area contributed by atoms with E-state index >= 15 is 0 Å². The number of nitro groups is 1. The Morgan fingerprint density at radius 3 is 2.67 bits per heavy atom. The third-order valence-corrected chi connectivity index (χ3v) is 5.60. The van der Waals surface area contributed by atoms with E-state index in [-0.39, 0.29) is 10.6 Å². The summed E-state index contributed by atoms with van der Waals surface area (Å²) < 4.78 is 0. The zero-order valence-electron chi connectivity index (χ0n) is 16.2. The molecular weight excluding hydrogens is 342 g/mol. The van der Waals surface area contributed by atoms with Crippen LogP contribution in [0.3, 0.4) is 0 Å². The van der Waals surface area contributed by atoms with Crippen LogP contribution in [0.15, 0.2) is 29.3 Å². The first kappa shape index (κ1) is 19.6. The van der Waals surface area contributed by atoms with Crippen LogP contribution in [0, 0.1) is 10.1 Å². The van der Waals surface area contributed by atoms with Gasteiger partial charge in [0.05, 0.1) is 11.5 Å². The van der Waals surface area contributed by atoms with E-state index in [2.05, 4.69) is 20.5 Å². The number of likely N-dealkylation sites (tertiary alicyclic amines) is 1. The fourth-order valence-corrected chi connectivity index (χ4v) is 4.13. The number of nitro benzene ring substituents is 1. The summed E-state index contributed by atoms with van der Waals surface area (Å²) >= 11 is 0. The van der Waals surface area contributed by atoms with Gasteiger partial charge in [0.2, 0.25) is 0 Å². The van der Waals surface area contributed by atoms with Crippen molar-refractivity contribution < 1.29 is 4.92 Å². The van der Waals surface area contributed by atoms with Crippen molar-refractivity contribution in [3.63, 3.8) is 0 Å². The highest BCUT2D eigenvalue weighted by molar-refractivity contribution is 5.80. The molecule has 2 aliphatic rings. The highest BCUT2D eigenvalue weighted by Crippen LogP contribution is 2.26. The minimum absolute atomic E-state index is 0.111. The van der Waals surface area contributed by atoms with Crippen molar-refractivity contribution in [3.05, 3.63) is 39.9 Å². The molecule has 2 N–H and O–H groups in total. The Bertz CT molecular complexity index is 650. The van der Waals surface area contributed by atoms with E-state index in [1.807, 2.05) is 13.0 Å². The van der Waals surface area contributed by atoms with E-state index < -0.39 is 0 Å². The molecule has 2 fully saturated rings. The molecule has 1 aromatic carbocycles. The topological polar surface area (TPSA) is 82.8 Å². The number of hydrogen-bond acceptors (Lipinski definition) is 4. The third kappa shape index (κ3) is 5.66. The monoisotopic (exact) mass is 373 g/mol. The number of benzene rings is 1. The highest BCUT2D eigenvalue weighted by atomic mass is 16.6. The number of nitrogens with one attached hydrogen (secondary N) is 2. The maximum absolute atomic E-state index is 10.9. The van der Waals surface area contributed by atoms with E-state index in [4.69, 9.17) is 0 Å². The molecule has 0 unspecified atom stereocenters. The van der Waals surface area contributed by atoms with Crippen LogP contribution in [0.2, 0.25) is 0 Å². The third-order valence-electron chi connectivity index (χ3n) is 5.60. The van der Waals surface area contributed by atoms with Crippen LogP contribution >= 0.6 is 0 Å². The summed E-state index contributed by atoms with van der Waals surface area (Å²) in [6.07, 6.45) is 7.78. The van der Waals surface area contributed by atoms with E-state index in [9.17, 15) is 10.1 Å². The van der Waals surface area contributed by atoms with Crippen LogP contribution in [0.25, 0.3) is 0 Å². The summed E-state index contributed by atoms with van der Waals surface area (Å²) in [7, 11) is 0. The first-order valence-electron chi connectivity index (χ1n) is 10.2. The van der Waals surface area contributed by atoms with Gasteiger partial charge in [0.25, 0.3) is 5.69 Å².